The zero-order chi connectivity index (χ0) is 12.7. The van der Waals surface area contributed by atoms with Crippen LogP contribution in [0.3, 0.4) is 0 Å². The summed E-state index contributed by atoms with van der Waals surface area (Å²) >= 11 is 5.02. The van der Waals surface area contributed by atoms with E-state index in [1.165, 1.54) is 0 Å². The number of hydrogen-bond acceptors (Lipinski definition) is 4. The summed E-state index contributed by atoms with van der Waals surface area (Å²) in [6, 6.07) is 1.95. The SMILES string of the molecule is Cc1ncc2c(n1)NC(=O)C2=Cc1sccc1Br. The van der Waals surface area contributed by atoms with Crippen LogP contribution in [-0.4, -0.2) is 15.9 Å². The molecule has 0 spiro atoms. The number of nitrogens with zero attached hydrogens (tertiary/aromatic N) is 2. The topological polar surface area (TPSA) is 54.9 Å². The third-order valence-corrected chi connectivity index (χ3v) is 4.41. The molecular formula is C12H8BrN3OS. The second-order valence-corrected chi connectivity index (χ2v) is 5.63. The van der Waals surface area contributed by atoms with Crippen LogP contribution in [0.5, 0.6) is 0 Å². The molecule has 0 fully saturated rings. The number of rotatable bonds is 1. The van der Waals surface area contributed by atoms with Gasteiger partial charge in [0.05, 0.1) is 5.57 Å². The zero-order valence-electron chi connectivity index (χ0n) is 9.40. The molecule has 0 unspecified atom stereocenters. The van der Waals surface area contributed by atoms with Gasteiger partial charge >= 0.3 is 0 Å². The van der Waals surface area contributed by atoms with E-state index in [-0.39, 0.29) is 5.91 Å². The summed E-state index contributed by atoms with van der Waals surface area (Å²) in [4.78, 5) is 21.3. The number of halogens is 1. The standard InChI is InChI=1S/C12H8BrN3OS/c1-6-14-5-8-7(12(17)16-11(8)15-6)4-10-9(13)2-3-18-10/h2-5H,1H3,(H,14,15,16,17). The van der Waals surface area contributed by atoms with Gasteiger partial charge in [0.25, 0.3) is 5.91 Å². The zero-order valence-corrected chi connectivity index (χ0v) is 11.8. The molecular weight excluding hydrogens is 314 g/mol. The Bertz CT molecular complexity index is 678. The molecule has 1 aliphatic heterocycles. The molecule has 18 heavy (non-hydrogen) atoms. The summed E-state index contributed by atoms with van der Waals surface area (Å²) in [5.41, 5.74) is 1.36. The van der Waals surface area contributed by atoms with Crippen molar-refractivity contribution < 1.29 is 4.79 Å². The third-order valence-electron chi connectivity index (χ3n) is 2.60. The van der Waals surface area contributed by atoms with Crippen molar-refractivity contribution in [2.75, 3.05) is 5.32 Å². The minimum atomic E-state index is -0.134. The van der Waals surface area contributed by atoms with Gasteiger partial charge in [-0.05, 0) is 40.4 Å². The van der Waals surface area contributed by atoms with Gasteiger partial charge in [0.15, 0.2) is 0 Å². The Balaban J connectivity index is 2.12. The number of aromatic nitrogens is 2. The number of carbonyl (C=O) groups excluding carboxylic acids is 1. The molecule has 0 aliphatic carbocycles. The lowest BCUT2D eigenvalue weighted by Gasteiger charge is -1.97. The Kier molecular flexibility index (Phi) is 2.76. The van der Waals surface area contributed by atoms with E-state index in [9.17, 15) is 4.79 Å². The predicted octanol–water partition coefficient (Wildman–Crippen LogP) is 3.10. The van der Waals surface area contributed by atoms with Crippen molar-refractivity contribution in [1.82, 2.24) is 9.97 Å². The highest BCUT2D eigenvalue weighted by atomic mass is 79.9. The third kappa shape index (κ3) is 1.87. The number of fused-ring (bicyclic) bond motifs is 1. The highest BCUT2D eigenvalue weighted by molar-refractivity contribution is 9.10. The second kappa shape index (κ2) is 4.29. The molecule has 0 saturated heterocycles. The summed E-state index contributed by atoms with van der Waals surface area (Å²) in [6.45, 7) is 1.80. The van der Waals surface area contributed by atoms with Crippen LogP contribution in [-0.2, 0) is 4.79 Å². The highest BCUT2D eigenvalue weighted by Gasteiger charge is 2.26. The van der Waals surface area contributed by atoms with Crippen LogP contribution in [0, 0.1) is 6.92 Å². The average molecular weight is 322 g/mol. The maximum atomic E-state index is 11.9. The molecule has 1 amide bonds. The lowest BCUT2D eigenvalue weighted by Crippen LogP contribution is -2.04. The fourth-order valence-corrected chi connectivity index (χ4v) is 3.16. The van der Waals surface area contributed by atoms with E-state index >= 15 is 0 Å². The molecule has 1 aliphatic rings. The molecule has 6 heteroatoms. The fourth-order valence-electron chi connectivity index (χ4n) is 1.74. The summed E-state index contributed by atoms with van der Waals surface area (Å²) in [5.74, 6) is 1.10. The number of carbonyl (C=O) groups is 1. The molecule has 0 saturated carbocycles. The number of thiophene rings is 1. The molecule has 0 aromatic carbocycles. The van der Waals surface area contributed by atoms with Crippen molar-refractivity contribution in [3.05, 3.63) is 38.4 Å². The largest absolute Gasteiger partial charge is 0.306 e. The molecule has 2 aromatic heterocycles. The minimum absolute atomic E-state index is 0.134. The van der Waals surface area contributed by atoms with Crippen LogP contribution in [0.1, 0.15) is 16.3 Å². The minimum Gasteiger partial charge on any atom is -0.306 e. The summed E-state index contributed by atoms with van der Waals surface area (Å²) < 4.78 is 0.981. The normalized spacial score (nSPS) is 15.9. The number of amides is 1. The smallest absolute Gasteiger partial charge is 0.257 e. The van der Waals surface area contributed by atoms with Gasteiger partial charge in [0.1, 0.15) is 11.6 Å². The van der Waals surface area contributed by atoms with E-state index in [0.29, 0.717) is 17.2 Å². The average Bonchev–Trinajstić information content (AvgIpc) is 2.85. The maximum Gasteiger partial charge on any atom is 0.257 e. The molecule has 1 N–H and O–H groups in total. The Morgan fingerprint density at radius 2 is 2.33 bits per heavy atom. The van der Waals surface area contributed by atoms with Crippen LogP contribution in [0.2, 0.25) is 0 Å². The van der Waals surface area contributed by atoms with Crippen molar-refractivity contribution in [2.24, 2.45) is 0 Å². The van der Waals surface area contributed by atoms with Gasteiger partial charge in [-0.2, -0.15) is 0 Å². The molecule has 4 nitrogen and oxygen atoms in total. The lowest BCUT2D eigenvalue weighted by molar-refractivity contribution is -0.110. The van der Waals surface area contributed by atoms with E-state index in [0.717, 1.165) is 14.9 Å². The summed E-state index contributed by atoms with van der Waals surface area (Å²) in [6.07, 6.45) is 3.54. The second-order valence-electron chi connectivity index (χ2n) is 3.82. The molecule has 90 valence electrons. The molecule has 2 aromatic rings. The summed E-state index contributed by atoms with van der Waals surface area (Å²) in [7, 11) is 0. The molecule has 3 rings (SSSR count). The van der Waals surface area contributed by atoms with Crippen LogP contribution in [0.15, 0.2) is 22.1 Å². The van der Waals surface area contributed by atoms with Crippen molar-refractivity contribution in [2.45, 2.75) is 6.92 Å². The van der Waals surface area contributed by atoms with E-state index in [4.69, 9.17) is 0 Å². The van der Waals surface area contributed by atoms with Crippen LogP contribution in [0.25, 0.3) is 11.6 Å². The number of hydrogen-bond donors (Lipinski definition) is 1. The Hall–Kier alpha value is -1.53. The van der Waals surface area contributed by atoms with Crippen LogP contribution in [0.4, 0.5) is 5.82 Å². The molecule has 0 atom stereocenters. The molecule has 0 radical (unpaired) electrons. The lowest BCUT2D eigenvalue weighted by atomic mass is 10.1. The van der Waals surface area contributed by atoms with E-state index < -0.39 is 0 Å². The van der Waals surface area contributed by atoms with E-state index in [1.54, 1.807) is 24.5 Å². The first-order valence-corrected chi connectivity index (χ1v) is 6.92. The number of aryl methyl sites for hydroxylation is 1. The Morgan fingerprint density at radius 1 is 1.50 bits per heavy atom. The van der Waals surface area contributed by atoms with Crippen LogP contribution >= 0.6 is 27.3 Å². The van der Waals surface area contributed by atoms with Gasteiger partial charge in [0.2, 0.25) is 0 Å². The van der Waals surface area contributed by atoms with Crippen molar-refractivity contribution in [3.63, 3.8) is 0 Å². The first-order valence-electron chi connectivity index (χ1n) is 5.25. The first-order chi connectivity index (χ1) is 8.65. The van der Waals surface area contributed by atoms with Crippen LogP contribution < -0.4 is 5.32 Å². The highest BCUT2D eigenvalue weighted by Crippen LogP contribution is 2.33. The van der Waals surface area contributed by atoms with Crippen molar-refractivity contribution in [3.8, 4) is 0 Å². The Morgan fingerprint density at radius 3 is 3.06 bits per heavy atom. The van der Waals surface area contributed by atoms with Crippen molar-refractivity contribution in [1.29, 1.82) is 0 Å². The molecule has 3 heterocycles. The first kappa shape index (κ1) is 11.6. The quantitative estimate of drug-likeness (QED) is 0.821. The van der Waals surface area contributed by atoms with Gasteiger partial charge in [0, 0.05) is 21.1 Å². The monoisotopic (exact) mass is 321 g/mol. The molecule has 0 bridgehead atoms. The van der Waals surface area contributed by atoms with Gasteiger partial charge in [-0.15, -0.1) is 11.3 Å². The van der Waals surface area contributed by atoms with Crippen molar-refractivity contribution >= 4 is 50.6 Å². The number of nitrogens with one attached hydrogen (secondary N) is 1. The summed E-state index contributed by atoms with van der Waals surface area (Å²) in [5, 5.41) is 4.72. The Labute approximate surface area is 116 Å². The maximum absolute atomic E-state index is 11.9. The fraction of sp³-hybridized carbons (Fsp3) is 0.0833. The predicted molar refractivity (Wildman–Crippen MR) is 75.3 cm³/mol. The van der Waals surface area contributed by atoms with Gasteiger partial charge in [-0.25, -0.2) is 9.97 Å². The van der Waals surface area contributed by atoms with Gasteiger partial charge in [-0.1, -0.05) is 0 Å². The number of anilines is 1. The van der Waals surface area contributed by atoms with E-state index in [2.05, 4.69) is 31.2 Å². The van der Waals surface area contributed by atoms with Gasteiger partial charge in [-0.3, -0.25) is 4.79 Å². The van der Waals surface area contributed by atoms with Gasteiger partial charge < -0.3 is 5.32 Å². The van der Waals surface area contributed by atoms with E-state index in [1.807, 2.05) is 17.5 Å².